The number of aryl methyl sites for hydroxylation is 1. The summed E-state index contributed by atoms with van der Waals surface area (Å²) >= 11 is 0. The van der Waals surface area contributed by atoms with Gasteiger partial charge in [0.25, 0.3) is 0 Å². The normalized spacial score (nSPS) is 11.6. The van der Waals surface area contributed by atoms with Crippen LogP contribution in [-0.4, -0.2) is 11.1 Å². The number of nitrogens with one attached hydrogen (secondary N) is 1. The van der Waals surface area contributed by atoms with Gasteiger partial charge in [-0.3, -0.25) is 4.79 Å². The second kappa shape index (κ2) is 6.53. The van der Waals surface area contributed by atoms with Gasteiger partial charge in [-0.2, -0.15) is 5.26 Å². The van der Waals surface area contributed by atoms with Crippen LogP contribution >= 0.6 is 0 Å². The number of nitrogens with zero attached hydrogens (tertiary/aromatic N) is 2. The van der Waals surface area contributed by atoms with E-state index in [1.807, 2.05) is 43.3 Å². The first-order valence-corrected chi connectivity index (χ1v) is 6.32. The summed E-state index contributed by atoms with van der Waals surface area (Å²) in [4.78, 5) is 12.0. The third-order valence-corrected chi connectivity index (χ3v) is 2.87. The molecular formula is C15H15N3O2. The molecule has 1 aromatic carbocycles. The fraction of sp³-hybridized carbons (Fsp3) is 0.267. The zero-order valence-corrected chi connectivity index (χ0v) is 11.2. The highest BCUT2D eigenvalue weighted by molar-refractivity contribution is 5.81. The average Bonchev–Trinajstić information content (AvgIpc) is 2.89. The number of benzene rings is 1. The largest absolute Gasteiger partial charge is 0.359 e. The minimum Gasteiger partial charge on any atom is -0.359 e. The molecular weight excluding hydrogens is 254 g/mol. The number of carbonyl (C=O) groups excluding carboxylic acids is 1. The van der Waals surface area contributed by atoms with Crippen molar-refractivity contribution in [1.82, 2.24) is 10.5 Å². The first-order valence-electron chi connectivity index (χ1n) is 6.32. The van der Waals surface area contributed by atoms with Crippen molar-refractivity contribution in [3.8, 4) is 6.07 Å². The van der Waals surface area contributed by atoms with Crippen LogP contribution in [0.2, 0.25) is 0 Å². The molecule has 102 valence electrons. The van der Waals surface area contributed by atoms with Gasteiger partial charge in [0.15, 0.2) is 5.76 Å². The van der Waals surface area contributed by atoms with Crippen molar-refractivity contribution >= 4 is 5.91 Å². The van der Waals surface area contributed by atoms with Crippen molar-refractivity contribution in [2.75, 3.05) is 0 Å². The zero-order valence-electron chi connectivity index (χ0n) is 11.2. The van der Waals surface area contributed by atoms with E-state index in [0.29, 0.717) is 12.2 Å². The Morgan fingerprint density at radius 3 is 2.80 bits per heavy atom. The Bertz CT molecular complexity index is 614. The maximum Gasteiger partial charge on any atom is 0.238 e. The molecule has 2 aromatic rings. The van der Waals surface area contributed by atoms with Crippen molar-refractivity contribution < 1.29 is 9.32 Å². The lowest BCUT2D eigenvalue weighted by Gasteiger charge is -2.09. The molecule has 0 saturated carbocycles. The number of nitriles is 1. The van der Waals surface area contributed by atoms with E-state index in [4.69, 9.17) is 9.78 Å². The van der Waals surface area contributed by atoms with Crippen LogP contribution in [0.4, 0.5) is 0 Å². The van der Waals surface area contributed by atoms with Crippen molar-refractivity contribution in [3.05, 3.63) is 53.4 Å². The molecule has 1 unspecified atom stereocenters. The predicted molar refractivity (Wildman–Crippen MR) is 72.3 cm³/mol. The number of hydrogen-bond acceptors (Lipinski definition) is 4. The Kier molecular flexibility index (Phi) is 4.51. The Morgan fingerprint density at radius 2 is 2.20 bits per heavy atom. The van der Waals surface area contributed by atoms with Gasteiger partial charge in [0.1, 0.15) is 5.92 Å². The maximum absolute atomic E-state index is 12.0. The van der Waals surface area contributed by atoms with Gasteiger partial charge in [-0.1, -0.05) is 35.5 Å². The number of hydrogen-bond donors (Lipinski definition) is 1. The summed E-state index contributed by atoms with van der Waals surface area (Å²) in [5.74, 6) is -0.431. The van der Waals surface area contributed by atoms with Gasteiger partial charge in [-0.05, 0) is 18.9 Å². The van der Waals surface area contributed by atoms with Crippen LogP contribution in [0.1, 0.15) is 17.0 Å². The van der Waals surface area contributed by atoms with Crippen molar-refractivity contribution in [1.29, 1.82) is 5.26 Å². The topological polar surface area (TPSA) is 78.9 Å². The minimum absolute atomic E-state index is 0.243. The first kappa shape index (κ1) is 13.8. The summed E-state index contributed by atoms with van der Waals surface area (Å²) in [6.07, 6.45) is 0.401. The molecule has 1 aromatic heterocycles. The van der Waals surface area contributed by atoms with Crippen LogP contribution in [0.3, 0.4) is 0 Å². The molecule has 1 amide bonds. The smallest absolute Gasteiger partial charge is 0.238 e. The molecule has 1 N–H and O–H groups in total. The Hall–Kier alpha value is -2.61. The summed E-state index contributed by atoms with van der Waals surface area (Å²) < 4.78 is 5.00. The zero-order chi connectivity index (χ0) is 14.4. The van der Waals surface area contributed by atoms with Gasteiger partial charge in [-0.25, -0.2) is 0 Å². The summed E-state index contributed by atoms with van der Waals surface area (Å²) in [5.41, 5.74) is 1.72. The van der Waals surface area contributed by atoms with Crippen LogP contribution in [0.15, 0.2) is 40.9 Å². The summed E-state index contributed by atoms with van der Waals surface area (Å²) in [7, 11) is 0. The van der Waals surface area contributed by atoms with Gasteiger partial charge in [-0.15, -0.1) is 0 Å². The quantitative estimate of drug-likeness (QED) is 0.900. The van der Waals surface area contributed by atoms with Gasteiger partial charge in [0, 0.05) is 6.07 Å². The van der Waals surface area contributed by atoms with Gasteiger partial charge < -0.3 is 9.84 Å². The third kappa shape index (κ3) is 3.69. The standard InChI is InChI=1S/C15H15N3O2/c1-11-7-14(20-18-11)10-17-15(19)13(9-16)8-12-5-3-2-4-6-12/h2-7,13H,8,10H2,1H3,(H,17,19). The van der Waals surface area contributed by atoms with E-state index in [1.165, 1.54) is 0 Å². The highest BCUT2D eigenvalue weighted by Crippen LogP contribution is 2.09. The van der Waals surface area contributed by atoms with E-state index in [1.54, 1.807) is 6.07 Å². The second-order valence-corrected chi connectivity index (χ2v) is 4.52. The monoisotopic (exact) mass is 269 g/mol. The lowest BCUT2D eigenvalue weighted by Crippen LogP contribution is -2.30. The molecule has 0 aliphatic heterocycles. The van der Waals surface area contributed by atoms with Crippen LogP contribution in [0, 0.1) is 24.2 Å². The number of amides is 1. The van der Waals surface area contributed by atoms with E-state index in [9.17, 15) is 4.79 Å². The Balaban J connectivity index is 1.91. The molecule has 0 spiro atoms. The Labute approximate surface area is 117 Å². The second-order valence-electron chi connectivity index (χ2n) is 4.52. The minimum atomic E-state index is -0.707. The summed E-state index contributed by atoms with van der Waals surface area (Å²) in [5, 5.41) is 15.5. The lowest BCUT2D eigenvalue weighted by atomic mass is 10.00. The third-order valence-electron chi connectivity index (χ3n) is 2.87. The number of aromatic nitrogens is 1. The molecule has 0 bridgehead atoms. The summed E-state index contributed by atoms with van der Waals surface area (Å²) in [6, 6.07) is 13.3. The highest BCUT2D eigenvalue weighted by Gasteiger charge is 2.18. The fourth-order valence-corrected chi connectivity index (χ4v) is 1.84. The fourth-order valence-electron chi connectivity index (χ4n) is 1.84. The van der Waals surface area contributed by atoms with E-state index < -0.39 is 5.92 Å². The van der Waals surface area contributed by atoms with E-state index in [-0.39, 0.29) is 12.5 Å². The average molecular weight is 269 g/mol. The molecule has 0 saturated heterocycles. The van der Waals surface area contributed by atoms with Crippen molar-refractivity contribution in [2.45, 2.75) is 19.9 Å². The molecule has 1 atom stereocenters. The van der Waals surface area contributed by atoms with Gasteiger partial charge >= 0.3 is 0 Å². The SMILES string of the molecule is Cc1cc(CNC(=O)C(C#N)Cc2ccccc2)on1. The van der Waals surface area contributed by atoms with Crippen LogP contribution in [0.25, 0.3) is 0 Å². The molecule has 0 aliphatic rings. The molecule has 0 radical (unpaired) electrons. The van der Waals surface area contributed by atoms with Crippen molar-refractivity contribution in [3.63, 3.8) is 0 Å². The van der Waals surface area contributed by atoms with Gasteiger partial charge in [0.2, 0.25) is 5.91 Å². The highest BCUT2D eigenvalue weighted by atomic mass is 16.5. The van der Waals surface area contributed by atoms with Crippen LogP contribution in [0.5, 0.6) is 0 Å². The predicted octanol–water partition coefficient (Wildman–Crippen LogP) is 1.98. The van der Waals surface area contributed by atoms with Crippen LogP contribution in [-0.2, 0) is 17.8 Å². The van der Waals surface area contributed by atoms with E-state index in [0.717, 1.165) is 11.3 Å². The maximum atomic E-state index is 12.0. The molecule has 1 heterocycles. The molecule has 0 fully saturated rings. The molecule has 5 nitrogen and oxygen atoms in total. The Morgan fingerprint density at radius 1 is 1.45 bits per heavy atom. The van der Waals surface area contributed by atoms with Crippen molar-refractivity contribution in [2.24, 2.45) is 5.92 Å². The summed E-state index contributed by atoms with van der Waals surface area (Å²) in [6.45, 7) is 2.05. The molecule has 5 heteroatoms. The molecule has 0 aliphatic carbocycles. The van der Waals surface area contributed by atoms with E-state index in [2.05, 4.69) is 10.5 Å². The number of rotatable bonds is 5. The lowest BCUT2D eigenvalue weighted by molar-refractivity contribution is -0.123. The molecule has 2 rings (SSSR count). The van der Waals surface area contributed by atoms with Crippen LogP contribution < -0.4 is 5.32 Å². The van der Waals surface area contributed by atoms with Gasteiger partial charge in [0.05, 0.1) is 18.3 Å². The first-order chi connectivity index (χ1) is 9.69. The molecule has 20 heavy (non-hydrogen) atoms. The number of carbonyl (C=O) groups is 1. The van der Waals surface area contributed by atoms with E-state index >= 15 is 0 Å².